The second-order valence-corrected chi connectivity index (χ2v) is 6.17. The summed E-state index contributed by atoms with van der Waals surface area (Å²) in [4.78, 5) is 27.9. The summed E-state index contributed by atoms with van der Waals surface area (Å²) in [7, 11) is 1.57. The number of Topliss-reactive ketones (excluding diaryl/α,β-unsaturated/α-hetero) is 1. The monoisotopic (exact) mass is 363 g/mol. The maximum Gasteiger partial charge on any atom is 0.375 e. The minimum atomic E-state index is -0.671. The van der Waals surface area contributed by atoms with E-state index in [0.29, 0.717) is 22.5 Å². The zero-order valence-electron chi connectivity index (χ0n) is 14.9. The number of methoxy groups -OCH3 is 1. The SMILES string of the molecule is COc1ccc2oc(C(=O)OCC(=O)c3c[nH]c4ccccc34)c(C)c2c1. The summed E-state index contributed by atoms with van der Waals surface area (Å²) in [5, 5.41) is 1.56. The van der Waals surface area contributed by atoms with Gasteiger partial charge in [-0.3, -0.25) is 4.79 Å². The molecule has 0 aliphatic heterocycles. The molecule has 2 heterocycles. The highest BCUT2D eigenvalue weighted by atomic mass is 16.5. The summed E-state index contributed by atoms with van der Waals surface area (Å²) >= 11 is 0. The predicted molar refractivity (Wildman–Crippen MR) is 100 cm³/mol. The first-order chi connectivity index (χ1) is 13.1. The molecule has 27 heavy (non-hydrogen) atoms. The van der Waals surface area contributed by atoms with Crippen molar-refractivity contribution in [3.05, 3.63) is 65.5 Å². The molecule has 0 spiro atoms. The topological polar surface area (TPSA) is 81.5 Å². The summed E-state index contributed by atoms with van der Waals surface area (Å²) < 4.78 is 16.0. The number of rotatable bonds is 5. The van der Waals surface area contributed by atoms with Gasteiger partial charge in [0.1, 0.15) is 11.3 Å². The summed E-state index contributed by atoms with van der Waals surface area (Å²) in [5.41, 5.74) is 2.55. The van der Waals surface area contributed by atoms with Crippen molar-refractivity contribution in [3.63, 3.8) is 0 Å². The first-order valence-electron chi connectivity index (χ1n) is 8.42. The number of H-pyrrole nitrogens is 1. The molecule has 2 aromatic carbocycles. The van der Waals surface area contributed by atoms with Crippen LogP contribution in [0.3, 0.4) is 0 Å². The summed E-state index contributed by atoms with van der Waals surface area (Å²) in [5.74, 6) is -0.196. The fourth-order valence-corrected chi connectivity index (χ4v) is 3.10. The molecule has 0 atom stereocenters. The van der Waals surface area contributed by atoms with Gasteiger partial charge in [0.25, 0.3) is 0 Å². The van der Waals surface area contributed by atoms with Gasteiger partial charge in [-0.2, -0.15) is 0 Å². The van der Waals surface area contributed by atoms with Gasteiger partial charge in [0.05, 0.1) is 7.11 Å². The number of esters is 1. The van der Waals surface area contributed by atoms with E-state index in [-0.39, 0.29) is 18.2 Å². The van der Waals surface area contributed by atoms with E-state index < -0.39 is 5.97 Å². The number of nitrogens with one attached hydrogen (secondary N) is 1. The Morgan fingerprint density at radius 1 is 1.11 bits per heavy atom. The number of ketones is 1. The zero-order chi connectivity index (χ0) is 19.0. The molecule has 1 N–H and O–H groups in total. The van der Waals surface area contributed by atoms with Crippen LogP contribution >= 0.6 is 0 Å². The molecule has 136 valence electrons. The van der Waals surface area contributed by atoms with Crippen LogP contribution in [0.5, 0.6) is 5.75 Å². The number of benzene rings is 2. The lowest BCUT2D eigenvalue weighted by Crippen LogP contribution is -2.14. The van der Waals surface area contributed by atoms with Crippen LogP contribution in [-0.4, -0.2) is 30.5 Å². The molecule has 0 unspecified atom stereocenters. The lowest BCUT2D eigenvalue weighted by molar-refractivity contribution is 0.0445. The van der Waals surface area contributed by atoms with Crippen LogP contribution in [0, 0.1) is 6.92 Å². The molecule has 0 fully saturated rings. The number of carbonyl (C=O) groups excluding carboxylic acids is 2. The van der Waals surface area contributed by atoms with Crippen LogP contribution in [0.1, 0.15) is 26.5 Å². The van der Waals surface area contributed by atoms with Crippen molar-refractivity contribution in [1.29, 1.82) is 0 Å². The van der Waals surface area contributed by atoms with E-state index >= 15 is 0 Å². The lowest BCUT2D eigenvalue weighted by atomic mass is 10.1. The Labute approximate surface area is 154 Å². The van der Waals surface area contributed by atoms with Crippen molar-refractivity contribution in [1.82, 2.24) is 4.98 Å². The second-order valence-electron chi connectivity index (χ2n) is 6.17. The maximum absolute atomic E-state index is 12.5. The molecule has 4 rings (SSSR count). The number of furan rings is 1. The Kier molecular flexibility index (Phi) is 4.16. The average Bonchev–Trinajstić information content (AvgIpc) is 3.27. The molecule has 0 amide bonds. The van der Waals surface area contributed by atoms with Gasteiger partial charge < -0.3 is 18.9 Å². The van der Waals surface area contributed by atoms with Crippen LogP contribution in [-0.2, 0) is 4.74 Å². The fourth-order valence-electron chi connectivity index (χ4n) is 3.10. The van der Waals surface area contributed by atoms with Gasteiger partial charge in [0, 0.05) is 33.6 Å². The van der Waals surface area contributed by atoms with Crippen LogP contribution < -0.4 is 4.74 Å². The molecule has 0 saturated carbocycles. The number of hydrogen-bond acceptors (Lipinski definition) is 5. The average molecular weight is 363 g/mol. The Morgan fingerprint density at radius 3 is 2.74 bits per heavy atom. The molecule has 0 radical (unpaired) electrons. The van der Waals surface area contributed by atoms with Gasteiger partial charge in [-0.25, -0.2) is 4.79 Å². The van der Waals surface area contributed by atoms with Crippen LogP contribution in [0.4, 0.5) is 0 Å². The van der Waals surface area contributed by atoms with E-state index in [1.54, 1.807) is 38.4 Å². The first-order valence-corrected chi connectivity index (χ1v) is 8.42. The van der Waals surface area contributed by atoms with E-state index in [4.69, 9.17) is 13.9 Å². The fraction of sp³-hybridized carbons (Fsp3) is 0.143. The standard InChI is InChI=1S/C21H17NO5/c1-12-15-9-13(25-2)7-8-19(15)27-20(12)21(24)26-11-18(23)16-10-22-17-6-4-3-5-14(16)17/h3-10,22H,11H2,1-2H3. The number of fused-ring (bicyclic) bond motifs is 2. The second kappa shape index (κ2) is 6.64. The number of ether oxygens (including phenoxy) is 2. The molecule has 0 saturated heterocycles. The summed E-state index contributed by atoms with van der Waals surface area (Å²) in [6, 6.07) is 12.7. The number of aromatic nitrogens is 1. The van der Waals surface area contributed by atoms with E-state index in [1.807, 2.05) is 24.3 Å². The molecule has 4 aromatic rings. The third-order valence-corrected chi connectivity index (χ3v) is 4.55. The highest BCUT2D eigenvalue weighted by Gasteiger charge is 2.21. The zero-order valence-corrected chi connectivity index (χ0v) is 14.9. The highest BCUT2D eigenvalue weighted by Crippen LogP contribution is 2.29. The Morgan fingerprint density at radius 2 is 1.93 bits per heavy atom. The minimum absolute atomic E-state index is 0.0879. The van der Waals surface area contributed by atoms with Crippen LogP contribution in [0.25, 0.3) is 21.9 Å². The molecule has 0 aliphatic rings. The largest absolute Gasteiger partial charge is 0.497 e. The van der Waals surface area contributed by atoms with Gasteiger partial charge >= 0.3 is 5.97 Å². The number of aromatic amines is 1. The third-order valence-electron chi connectivity index (χ3n) is 4.55. The molecule has 0 bridgehead atoms. The van der Waals surface area contributed by atoms with Gasteiger partial charge in [-0.15, -0.1) is 0 Å². The molecule has 6 nitrogen and oxygen atoms in total. The minimum Gasteiger partial charge on any atom is -0.497 e. The third kappa shape index (κ3) is 2.95. The highest BCUT2D eigenvalue weighted by molar-refractivity contribution is 6.09. The summed E-state index contributed by atoms with van der Waals surface area (Å²) in [6.07, 6.45) is 1.62. The molecule has 6 heteroatoms. The normalized spacial score (nSPS) is 11.0. The van der Waals surface area contributed by atoms with Crippen molar-refractivity contribution in [3.8, 4) is 5.75 Å². The van der Waals surface area contributed by atoms with E-state index in [0.717, 1.165) is 16.3 Å². The molecular weight excluding hydrogens is 346 g/mol. The maximum atomic E-state index is 12.5. The first kappa shape index (κ1) is 16.9. The Balaban J connectivity index is 1.53. The predicted octanol–water partition coefficient (Wildman–Crippen LogP) is 4.27. The van der Waals surface area contributed by atoms with Gasteiger partial charge in [-0.05, 0) is 31.2 Å². The smallest absolute Gasteiger partial charge is 0.375 e. The molecule has 0 aliphatic carbocycles. The number of hydrogen-bond donors (Lipinski definition) is 1. The molecular formula is C21H17NO5. The van der Waals surface area contributed by atoms with Gasteiger partial charge in [-0.1, -0.05) is 18.2 Å². The van der Waals surface area contributed by atoms with Crippen LogP contribution in [0.15, 0.2) is 53.1 Å². The van der Waals surface area contributed by atoms with Crippen molar-refractivity contribution >= 4 is 33.6 Å². The lowest BCUT2D eigenvalue weighted by Gasteiger charge is -2.02. The van der Waals surface area contributed by atoms with E-state index in [2.05, 4.69) is 4.98 Å². The number of aryl methyl sites for hydroxylation is 1. The van der Waals surface area contributed by atoms with Crippen LogP contribution in [0.2, 0.25) is 0 Å². The number of para-hydroxylation sites is 1. The van der Waals surface area contributed by atoms with Crippen molar-refractivity contribution < 1.29 is 23.5 Å². The van der Waals surface area contributed by atoms with Gasteiger partial charge in [0.2, 0.25) is 11.5 Å². The van der Waals surface area contributed by atoms with E-state index in [1.165, 1.54) is 0 Å². The quantitative estimate of drug-likeness (QED) is 0.423. The van der Waals surface area contributed by atoms with Crippen molar-refractivity contribution in [2.45, 2.75) is 6.92 Å². The van der Waals surface area contributed by atoms with Crippen molar-refractivity contribution in [2.24, 2.45) is 0 Å². The van der Waals surface area contributed by atoms with Gasteiger partial charge in [0.15, 0.2) is 6.61 Å². The van der Waals surface area contributed by atoms with E-state index in [9.17, 15) is 9.59 Å². The number of carbonyl (C=O) groups is 2. The summed E-state index contributed by atoms with van der Waals surface area (Å²) in [6.45, 7) is 1.41. The Bertz CT molecular complexity index is 1170. The van der Waals surface area contributed by atoms with Crippen molar-refractivity contribution in [2.75, 3.05) is 13.7 Å². The Hall–Kier alpha value is -3.54. The molecule has 2 aromatic heterocycles.